The highest BCUT2D eigenvalue weighted by molar-refractivity contribution is 5.85. The highest BCUT2D eigenvalue weighted by Crippen LogP contribution is 2.18. The third-order valence-corrected chi connectivity index (χ3v) is 2.39. The highest BCUT2D eigenvalue weighted by Gasteiger charge is 2.05. The normalized spacial score (nSPS) is 12.0. The van der Waals surface area contributed by atoms with Gasteiger partial charge in [0.1, 0.15) is 0 Å². The molecule has 0 heterocycles. The molecule has 1 atom stereocenters. The van der Waals surface area contributed by atoms with E-state index in [1.54, 1.807) is 0 Å². The zero-order chi connectivity index (χ0) is 10.6. The Morgan fingerprint density at radius 2 is 1.67 bits per heavy atom. The SMILES string of the molecule is Cc1cc(C)cc([C@H](N)CCCN)c1.Cl. The van der Waals surface area contributed by atoms with Gasteiger partial charge in [0.25, 0.3) is 0 Å². The lowest BCUT2D eigenvalue weighted by atomic mass is 9.99. The minimum absolute atomic E-state index is 0. The third-order valence-electron chi connectivity index (χ3n) is 2.39. The van der Waals surface area contributed by atoms with E-state index in [9.17, 15) is 0 Å². The Morgan fingerprint density at radius 3 is 2.13 bits per heavy atom. The van der Waals surface area contributed by atoms with Crippen LogP contribution in [0.4, 0.5) is 0 Å². The molecule has 2 nitrogen and oxygen atoms in total. The van der Waals surface area contributed by atoms with E-state index in [4.69, 9.17) is 11.5 Å². The van der Waals surface area contributed by atoms with Crippen molar-refractivity contribution in [2.24, 2.45) is 11.5 Å². The first kappa shape index (κ1) is 14.4. The summed E-state index contributed by atoms with van der Waals surface area (Å²) in [5.41, 5.74) is 15.3. The second kappa shape index (κ2) is 6.83. The van der Waals surface area contributed by atoms with Gasteiger partial charge >= 0.3 is 0 Å². The van der Waals surface area contributed by atoms with Crippen molar-refractivity contribution >= 4 is 12.4 Å². The molecule has 0 spiro atoms. The first-order valence-corrected chi connectivity index (χ1v) is 5.17. The molecule has 0 radical (unpaired) electrons. The van der Waals surface area contributed by atoms with E-state index in [2.05, 4.69) is 32.0 Å². The van der Waals surface area contributed by atoms with Gasteiger partial charge < -0.3 is 11.5 Å². The van der Waals surface area contributed by atoms with E-state index < -0.39 is 0 Å². The summed E-state index contributed by atoms with van der Waals surface area (Å²) in [6, 6.07) is 6.62. The van der Waals surface area contributed by atoms with E-state index in [1.165, 1.54) is 16.7 Å². The van der Waals surface area contributed by atoms with Crippen LogP contribution in [-0.4, -0.2) is 6.54 Å². The summed E-state index contributed by atoms with van der Waals surface area (Å²) in [5, 5.41) is 0. The van der Waals surface area contributed by atoms with Crippen LogP contribution in [0.5, 0.6) is 0 Å². The molecule has 0 amide bonds. The average molecular weight is 229 g/mol. The van der Waals surface area contributed by atoms with E-state index in [-0.39, 0.29) is 18.4 Å². The molecule has 15 heavy (non-hydrogen) atoms. The van der Waals surface area contributed by atoms with Crippen LogP contribution in [0.25, 0.3) is 0 Å². The first-order chi connectivity index (χ1) is 6.63. The summed E-state index contributed by atoms with van der Waals surface area (Å²) >= 11 is 0. The van der Waals surface area contributed by atoms with Gasteiger partial charge in [0.05, 0.1) is 0 Å². The molecule has 0 aliphatic heterocycles. The molecule has 0 saturated heterocycles. The number of benzene rings is 1. The number of hydrogen-bond acceptors (Lipinski definition) is 2. The molecule has 86 valence electrons. The molecule has 0 aliphatic rings. The van der Waals surface area contributed by atoms with Gasteiger partial charge in [-0.3, -0.25) is 0 Å². The molecule has 0 unspecified atom stereocenters. The lowest BCUT2D eigenvalue weighted by Gasteiger charge is -2.13. The minimum Gasteiger partial charge on any atom is -0.330 e. The van der Waals surface area contributed by atoms with Gasteiger partial charge in [-0.05, 0) is 38.8 Å². The Labute approximate surface area is 98.5 Å². The lowest BCUT2D eigenvalue weighted by Crippen LogP contribution is -2.12. The van der Waals surface area contributed by atoms with Crippen LogP contribution in [0.1, 0.15) is 35.6 Å². The molecule has 4 N–H and O–H groups in total. The van der Waals surface area contributed by atoms with Crippen LogP contribution in [0.15, 0.2) is 18.2 Å². The molecule has 1 aromatic rings. The number of nitrogens with two attached hydrogens (primary N) is 2. The van der Waals surface area contributed by atoms with Crippen molar-refractivity contribution in [3.63, 3.8) is 0 Å². The third kappa shape index (κ3) is 4.65. The molecule has 0 aliphatic carbocycles. The molecule has 1 aromatic carbocycles. The van der Waals surface area contributed by atoms with Crippen LogP contribution >= 0.6 is 12.4 Å². The van der Waals surface area contributed by atoms with Crippen molar-refractivity contribution < 1.29 is 0 Å². The monoisotopic (exact) mass is 228 g/mol. The smallest absolute Gasteiger partial charge is 0.0295 e. The predicted molar refractivity (Wildman–Crippen MR) is 68.4 cm³/mol. The fourth-order valence-corrected chi connectivity index (χ4v) is 1.73. The summed E-state index contributed by atoms with van der Waals surface area (Å²) in [6.07, 6.45) is 1.97. The highest BCUT2D eigenvalue weighted by atomic mass is 35.5. The number of halogens is 1. The number of aryl methyl sites for hydroxylation is 2. The standard InChI is InChI=1S/C12H20N2.ClH/c1-9-6-10(2)8-11(7-9)12(14)4-3-5-13;/h6-8,12H,3-5,13-14H2,1-2H3;1H/t12-;/m1./s1. The van der Waals surface area contributed by atoms with E-state index in [1.807, 2.05) is 0 Å². The van der Waals surface area contributed by atoms with Gasteiger partial charge in [0.15, 0.2) is 0 Å². The van der Waals surface area contributed by atoms with Crippen molar-refractivity contribution in [2.45, 2.75) is 32.7 Å². The van der Waals surface area contributed by atoms with Crippen molar-refractivity contribution in [1.82, 2.24) is 0 Å². The quantitative estimate of drug-likeness (QED) is 0.832. The van der Waals surface area contributed by atoms with Crippen molar-refractivity contribution in [2.75, 3.05) is 6.54 Å². The van der Waals surface area contributed by atoms with Gasteiger partial charge in [-0.15, -0.1) is 12.4 Å². The van der Waals surface area contributed by atoms with Gasteiger partial charge in [-0.2, -0.15) is 0 Å². The van der Waals surface area contributed by atoms with Crippen LogP contribution in [0.3, 0.4) is 0 Å². The Kier molecular flexibility index (Phi) is 6.57. The maximum absolute atomic E-state index is 6.06. The maximum Gasteiger partial charge on any atom is 0.0295 e. The summed E-state index contributed by atoms with van der Waals surface area (Å²) in [6.45, 7) is 4.93. The summed E-state index contributed by atoms with van der Waals surface area (Å²) in [4.78, 5) is 0. The Morgan fingerprint density at radius 1 is 1.13 bits per heavy atom. The summed E-state index contributed by atoms with van der Waals surface area (Å²) < 4.78 is 0. The molecule has 3 heteroatoms. The van der Waals surface area contributed by atoms with Gasteiger partial charge in [0.2, 0.25) is 0 Å². The van der Waals surface area contributed by atoms with Crippen LogP contribution in [0.2, 0.25) is 0 Å². The maximum atomic E-state index is 6.06. The molecular formula is C12H21ClN2. The summed E-state index contributed by atoms with van der Waals surface area (Å²) in [5.74, 6) is 0. The molecule has 0 saturated carbocycles. The Hall–Kier alpha value is -0.570. The Balaban J connectivity index is 0.00000196. The van der Waals surface area contributed by atoms with Gasteiger partial charge in [-0.25, -0.2) is 0 Å². The van der Waals surface area contributed by atoms with Crippen molar-refractivity contribution in [3.05, 3.63) is 34.9 Å². The van der Waals surface area contributed by atoms with Gasteiger partial charge in [-0.1, -0.05) is 29.3 Å². The van der Waals surface area contributed by atoms with Crippen molar-refractivity contribution in [3.8, 4) is 0 Å². The predicted octanol–water partition coefficient (Wildman–Crippen LogP) is 2.46. The molecule has 1 rings (SSSR count). The number of rotatable bonds is 4. The second-order valence-corrected chi connectivity index (χ2v) is 3.96. The Bertz CT molecular complexity index is 279. The number of hydrogen-bond donors (Lipinski definition) is 2. The topological polar surface area (TPSA) is 52.0 Å². The van der Waals surface area contributed by atoms with Crippen molar-refractivity contribution in [1.29, 1.82) is 0 Å². The molecule has 0 fully saturated rings. The average Bonchev–Trinajstić information content (AvgIpc) is 2.12. The van der Waals surface area contributed by atoms with E-state index in [0.29, 0.717) is 0 Å². The second-order valence-electron chi connectivity index (χ2n) is 3.96. The molecular weight excluding hydrogens is 208 g/mol. The van der Waals surface area contributed by atoms with E-state index in [0.717, 1.165) is 19.4 Å². The largest absolute Gasteiger partial charge is 0.330 e. The summed E-state index contributed by atoms with van der Waals surface area (Å²) in [7, 11) is 0. The van der Waals surface area contributed by atoms with Crippen LogP contribution in [-0.2, 0) is 0 Å². The van der Waals surface area contributed by atoms with Crippen LogP contribution in [0, 0.1) is 13.8 Å². The van der Waals surface area contributed by atoms with E-state index >= 15 is 0 Å². The first-order valence-electron chi connectivity index (χ1n) is 5.17. The molecule has 0 bridgehead atoms. The lowest BCUT2D eigenvalue weighted by molar-refractivity contribution is 0.617. The fourth-order valence-electron chi connectivity index (χ4n) is 1.73. The minimum atomic E-state index is 0. The fraction of sp³-hybridized carbons (Fsp3) is 0.500. The molecule has 0 aromatic heterocycles. The zero-order valence-electron chi connectivity index (χ0n) is 9.49. The van der Waals surface area contributed by atoms with Crippen LogP contribution < -0.4 is 11.5 Å². The van der Waals surface area contributed by atoms with Gasteiger partial charge in [0, 0.05) is 6.04 Å². The zero-order valence-corrected chi connectivity index (χ0v) is 10.3.